The number of aromatic nitrogens is 1. The van der Waals surface area contributed by atoms with Gasteiger partial charge in [-0.2, -0.15) is 13.2 Å². The second-order valence-electron chi connectivity index (χ2n) is 10.5. The molecule has 3 aromatic carbocycles. The van der Waals surface area contributed by atoms with E-state index < -0.39 is 46.1 Å². The SMILES string of the molecule is CCc1cccc(C(Nc2ccc3c(N)nccc3c2)(OC(=O)C(F)(F)F)C(=O)NCc2cc(NC(C)=O)ccc2S(=O)(=O)CC)c1. The van der Waals surface area contributed by atoms with E-state index in [9.17, 15) is 36.0 Å². The lowest BCUT2D eigenvalue weighted by molar-refractivity contribution is -0.213. The number of hydrogen-bond acceptors (Lipinski definition) is 9. The van der Waals surface area contributed by atoms with Crippen molar-refractivity contribution in [2.45, 2.75) is 50.5 Å². The number of fused-ring (bicyclic) bond motifs is 1. The lowest BCUT2D eigenvalue weighted by atomic mass is 9.97. The van der Waals surface area contributed by atoms with Crippen LogP contribution in [0.25, 0.3) is 10.8 Å². The molecule has 4 rings (SSSR count). The first-order valence-corrected chi connectivity index (χ1v) is 16.0. The van der Waals surface area contributed by atoms with Crippen LogP contribution in [0.15, 0.2) is 77.8 Å². The van der Waals surface area contributed by atoms with Gasteiger partial charge in [0.25, 0.3) is 11.6 Å². The Morgan fingerprint density at radius 1 is 0.957 bits per heavy atom. The van der Waals surface area contributed by atoms with Crippen molar-refractivity contribution in [1.29, 1.82) is 0 Å². The highest BCUT2D eigenvalue weighted by Gasteiger charge is 2.52. The topological polar surface area (TPSA) is 170 Å². The first kappa shape index (κ1) is 34.7. The third kappa shape index (κ3) is 7.80. The summed E-state index contributed by atoms with van der Waals surface area (Å²) in [6.07, 6.45) is -3.64. The van der Waals surface area contributed by atoms with Crippen LogP contribution in [0.4, 0.5) is 30.4 Å². The summed E-state index contributed by atoms with van der Waals surface area (Å²) in [6.45, 7) is 3.91. The summed E-state index contributed by atoms with van der Waals surface area (Å²) >= 11 is 0. The van der Waals surface area contributed by atoms with E-state index in [1.54, 1.807) is 19.1 Å². The second kappa shape index (κ2) is 13.7. The predicted octanol–water partition coefficient (Wildman–Crippen LogP) is 4.82. The first-order valence-electron chi connectivity index (χ1n) is 14.3. The van der Waals surface area contributed by atoms with E-state index in [4.69, 9.17) is 10.5 Å². The zero-order valence-corrected chi connectivity index (χ0v) is 26.4. The Hall–Kier alpha value is -5.18. The van der Waals surface area contributed by atoms with Crippen LogP contribution < -0.4 is 21.7 Å². The van der Waals surface area contributed by atoms with Gasteiger partial charge in [0.05, 0.1) is 10.6 Å². The molecule has 1 aromatic heterocycles. The number of alkyl halides is 3. The molecule has 0 saturated carbocycles. The van der Waals surface area contributed by atoms with Crippen molar-refractivity contribution in [2.24, 2.45) is 0 Å². The molecule has 0 spiro atoms. The second-order valence-corrected chi connectivity index (χ2v) is 12.7. The Bertz CT molecular complexity index is 1950. The average molecular weight is 672 g/mol. The van der Waals surface area contributed by atoms with Crippen LogP contribution in [0.2, 0.25) is 0 Å². The molecule has 248 valence electrons. The number of anilines is 3. The molecule has 1 heterocycles. The number of rotatable bonds is 11. The number of aryl methyl sites for hydroxylation is 1. The molecule has 1 atom stereocenters. The van der Waals surface area contributed by atoms with Crippen molar-refractivity contribution < 1.29 is 40.7 Å². The summed E-state index contributed by atoms with van der Waals surface area (Å²) in [6, 6.07) is 15.9. The Kier molecular flexibility index (Phi) is 10.1. The maximum atomic E-state index is 14.2. The van der Waals surface area contributed by atoms with E-state index in [1.807, 2.05) is 0 Å². The van der Waals surface area contributed by atoms with Gasteiger partial charge in [0.15, 0.2) is 9.84 Å². The monoisotopic (exact) mass is 671 g/mol. The van der Waals surface area contributed by atoms with Crippen molar-refractivity contribution in [1.82, 2.24) is 10.3 Å². The van der Waals surface area contributed by atoms with Crippen LogP contribution in [0.5, 0.6) is 0 Å². The van der Waals surface area contributed by atoms with E-state index in [1.165, 1.54) is 74.6 Å². The maximum absolute atomic E-state index is 14.2. The number of amides is 2. The maximum Gasteiger partial charge on any atom is 0.491 e. The summed E-state index contributed by atoms with van der Waals surface area (Å²) in [5.41, 5.74) is 3.92. The summed E-state index contributed by atoms with van der Waals surface area (Å²) in [7, 11) is -3.86. The molecule has 11 nitrogen and oxygen atoms in total. The number of nitrogens with two attached hydrogens (primary N) is 1. The summed E-state index contributed by atoms with van der Waals surface area (Å²) < 4.78 is 72.2. The third-order valence-electron chi connectivity index (χ3n) is 7.19. The molecule has 4 aromatic rings. The first-order chi connectivity index (χ1) is 22.1. The largest absolute Gasteiger partial charge is 0.491 e. The molecule has 5 N–H and O–H groups in total. The number of halogens is 3. The van der Waals surface area contributed by atoms with Gasteiger partial charge in [-0.15, -0.1) is 0 Å². The van der Waals surface area contributed by atoms with Crippen LogP contribution in [0.1, 0.15) is 37.5 Å². The van der Waals surface area contributed by atoms with Crippen molar-refractivity contribution in [3.05, 3.63) is 89.6 Å². The van der Waals surface area contributed by atoms with Crippen LogP contribution in [0.3, 0.4) is 0 Å². The molecule has 0 aliphatic rings. The van der Waals surface area contributed by atoms with Crippen LogP contribution in [-0.4, -0.2) is 43.1 Å². The highest BCUT2D eigenvalue weighted by molar-refractivity contribution is 7.91. The van der Waals surface area contributed by atoms with E-state index in [-0.39, 0.29) is 39.0 Å². The fourth-order valence-electron chi connectivity index (χ4n) is 4.84. The number of pyridine rings is 1. The molecule has 0 fully saturated rings. The van der Waals surface area contributed by atoms with E-state index in [2.05, 4.69) is 20.9 Å². The zero-order valence-electron chi connectivity index (χ0n) is 25.6. The molecule has 1 unspecified atom stereocenters. The average Bonchev–Trinajstić information content (AvgIpc) is 3.02. The molecular formula is C32H32F3N5O6S. The number of nitrogens with one attached hydrogen (secondary N) is 3. The Morgan fingerprint density at radius 2 is 1.68 bits per heavy atom. The zero-order chi connectivity index (χ0) is 34.6. The fraction of sp³-hybridized carbons (Fsp3) is 0.250. The van der Waals surface area contributed by atoms with E-state index in [0.29, 0.717) is 22.8 Å². The van der Waals surface area contributed by atoms with Gasteiger partial charge < -0.3 is 26.4 Å². The molecule has 15 heteroatoms. The Morgan fingerprint density at radius 3 is 2.34 bits per heavy atom. The highest BCUT2D eigenvalue weighted by Crippen LogP contribution is 2.34. The lowest BCUT2D eigenvalue weighted by Crippen LogP contribution is -2.54. The minimum absolute atomic E-state index is 0.0264. The molecule has 0 saturated heterocycles. The van der Waals surface area contributed by atoms with Gasteiger partial charge in [0, 0.05) is 42.0 Å². The van der Waals surface area contributed by atoms with Crippen LogP contribution in [-0.2, 0) is 47.6 Å². The van der Waals surface area contributed by atoms with Crippen LogP contribution in [0, 0.1) is 0 Å². The molecule has 0 radical (unpaired) electrons. The van der Waals surface area contributed by atoms with E-state index >= 15 is 0 Å². The summed E-state index contributed by atoms with van der Waals surface area (Å²) in [5.74, 6) is -4.46. The summed E-state index contributed by atoms with van der Waals surface area (Å²) in [4.78, 5) is 42.3. The van der Waals surface area contributed by atoms with Crippen molar-refractivity contribution in [3.63, 3.8) is 0 Å². The number of esters is 1. The van der Waals surface area contributed by atoms with Gasteiger partial charge in [-0.1, -0.05) is 32.0 Å². The standard InChI is InChI=1S/C32H32F3N5O6S/c1-4-20-7-6-8-23(15-20)31(46-30(43)32(33,34)35,40-25-9-11-26-21(16-25)13-14-37-28(26)36)29(42)38-18-22-17-24(39-19(3)41)10-12-27(22)47(44,45)5-2/h6-17,40H,4-5,18H2,1-3H3,(H2,36,37)(H,38,42)(H,39,41). The summed E-state index contributed by atoms with van der Waals surface area (Å²) in [5, 5.41) is 8.75. The van der Waals surface area contributed by atoms with Crippen molar-refractivity contribution in [2.75, 3.05) is 22.1 Å². The minimum atomic E-state index is -5.49. The van der Waals surface area contributed by atoms with E-state index in [0.717, 1.165) is 0 Å². The van der Waals surface area contributed by atoms with Gasteiger partial charge in [-0.3, -0.25) is 9.59 Å². The Labute approximate surface area is 268 Å². The quantitative estimate of drug-likeness (QED) is 0.129. The van der Waals surface area contributed by atoms with Gasteiger partial charge in [-0.25, -0.2) is 18.2 Å². The number of carbonyl (C=O) groups is 3. The number of ether oxygens (including phenoxy) is 1. The normalized spacial score (nSPS) is 13.0. The minimum Gasteiger partial charge on any atom is -0.418 e. The van der Waals surface area contributed by atoms with Crippen molar-refractivity contribution in [3.8, 4) is 0 Å². The molecular weight excluding hydrogens is 639 g/mol. The molecule has 0 aliphatic carbocycles. The molecule has 2 amide bonds. The number of hydrogen-bond donors (Lipinski definition) is 4. The number of sulfone groups is 1. The predicted molar refractivity (Wildman–Crippen MR) is 170 cm³/mol. The molecule has 0 aliphatic heterocycles. The lowest BCUT2D eigenvalue weighted by Gasteiger charge is -2.34. The highest BCUT2D eigenvalue weighted by atomic mass is 32.2. The number of benzene rings is 3. The molecule has 47 heavy (non-hydrogen) atoms. The fourth-order valence-corrected chi connectivity index (χ4v) is 5.95. The van der Waals surface area contributed by atoms with Gasteiger partial charge in [0.1, 0.15) is 5.82 Å². The Balaban J connectivity index is 1.88. The van der Waals surface area contributed by atoms with Gasteiger partial charge in [0.2, 0.25) is 5.91 Å². The number of nitrogens with zero attached hydrogens (tertiary/aromatic N) is 1. The number of carbonyl (C=O) groups excluding carboxylic acids is 3. The molecule has 0 bridgehead atoms. The number of nitrogen functional groups attached to an aromatic ring is 1. The van der Waals surface area contributed by atoms with Crippen LogP contribution >= 0.6 is 0 Å². The van der Waals surface area contributed by atoms with Gasteiger partial charge >= 0.3 is 12.1 Å². The van der Waals surface area contributed by atoms with Gasteiger partial charge in [-0.05, 0) is 71.5 Å². The van der Waals surface area contributed by atoms with Crippen molar-refractivity contribution >= 4 is 55.6 Å². The smallest absolute Gasteiger partial charge is 0.418 e. The third-order valence-corrected chi connectivity index (χ3v) is 9.02.